The van der Waals surface area contributed by atoms with Crippen LogP contribution in [0.1, 0.15) is 11.1 Å². The van der Waals surface area contributed by atoms with E-state index in [0.717, 1.165) is 17.6 Å². The lowest BCUT2D eigenvalue weighted by molar-refractivity contribution is -0.135. The topological polar surface area (TPSA) is 101 Å². The maximum Gasteiger partial charge on any atom is 0.346 e. The molecule has 1 aliphatic heterocycles. The van der Waals surface area contributed by atoms with Gasteiger partial charge in [0.2, 0.25) is 0 Å². The first-order chi connectivity index (χ1) is 13.8. The highest BCUT2D eigenvalue weighted by molar-refractivity contribution is 7.89. The Bertz CT molecular complexity index is 1090. The summed E-state index contributed by atoms with van der Waals surface area (Å²) < 4.78 is 31.1. The number of ether oxygens (including phenoxy) is 1. The molecule has 1 fully saturated rings. The van der Waals surface area contributed by atoms with E-state index >= 15 is 0 Å². The molecule has 8 nitrogen and oxygen atoms in total. The van der Waals surface area contributed by atoms with Gasteiger partial charge in [0.05, 0.1) is 24.6 Å². The molecule has 0 spiro atoms. The number of nitrogens with zero attached hydrogens (tertiary/aromatic N) is 2. The first-order valence-corrected chi connectivity index (χ1v) is 10.0. The van der Waals surface area contributed by atoms with Crippen molar-refractivity contribution < 1.29 is 27.5 Å². The van der Waals surface area contributed by atoms with Crippen LogP contribution in [0, 0.1) is 6.92 Å². The van der Waals surface area contributed by atoms with Crippen molar-refractivity contribution in [1.29, 1.82) is 0 Å². The Hall–Kier alpha value is -3.46. The minimum Gasteiger partial charge on any atom is -0.466 e. The number of rotatable bonds is 5. The number of benzene rings is 2. The SMILES string of the molecule is COC(=O)/C=C1\C(=O)N(Cc2ccccc2)C(=O)N1S(=O)(=O)c1ccc(C)cc1. The van der Waals surface area contributed by atoms with Gasteiger partial charge < -0.3 is 4.74 Å². The second kappa shape index (κ2) is 7.88. The van der Waals surface area contributed by atoms with Gasteiger partial charge in [0.15, 0.2) is 0 Å². The Balaban J connectivity index is 2.08. The van der Waals surface area contributed by atoms with Crippen molar-refractivity contribution >= 4 is 27.9 Å². The van der Waals surface area contributed by atoms with E-state index in [-0.39, 0.29) is 11.4 Å². The summed E-state index contributed by atoms with van der Waals surface area (Å²) in [4.78, 5) is 38.1. The quantitative estimate of drug-likeness (QED) is 0.422. The summed E-state index contributed by atoms with van der Waals surface area (Å²) in [5, 5.41) is 0. The number of carbonyl (C=O) groups is 3. The van der Waals surface area contributed by atoms with Gasteiger partial charge >= 0.3 is 12.0 Å². The lowest BCUT2D eigenvalue weighted by Crippen LogP contribution is -2.36. The Morgan fingerprint density at radius 2 is 1.66 bits per heavy atom. The summed E-state index contributed by atoms with van der Waals surface area (Å²) >= 11 is 0. The second-order valence-corrected chi connectivity index (χ2v) is 8.08. The molecule has 1 heterocycles. The van der Waals surface area contributed by atoms with Gasteiger partial charge in [-0.3, -0.25) is 9.69 Å². The largest absolute Gasteiger partial charge is 0.466 e. The molecule has 9 heteroatoms. The summed E-state index contributed by atoms with van der Waals surface area (Å²) in [7, 11) is -3.34. The van der Waals surface area contributed by atoms with Crippen LogP contribution in [0.5, 0.6) is 0 Å². The number of aryl methyl sites for hydroxylation is 1. The fourth-order valence-corrected chi connectivity index (χ4v) is 4.15. The number of hydrogen-bond donors (Lipinski definition) is 0. The number of esters is 1. The zero-order valence-electron chi connectivity index (χ0n) is 15.7. The molecule has 1 aliphatic rings. The van der Waals surface area contributed by atoms with Crippen LogP contribution in [0.2, 0.25) is 0 Å². The molecule has 2 aromatic rings. The van der Waals surface area contributed by atoms with E-state index in [1.54, 1.807) is 49.4 Å². The summed E-state index contributed by atoms with van der Waals surface area (Å²) in [5.41, 5.74) is 0.864. The molecule has 0 bridgehead atoms. The van der Waals surface area contributed by atoms with Crippen LogP contribution in [0.4, 0.5) is 4.79 Å². The van der Waals surface area contributed by atoms with E-state index in [1.165, 1.54) is 12.1 Å². The monoisotopic (exact) mass is 414 g/mol. The molecule has 0 saturated carbocycles. The van der Waals surface area contributed by atoms with Crippen LogP contribution in [0.25, 0.3) is 0 Å². The zero-order valence-corrected chi connectivity index (χ0v) is 16.5. The zero-order chi connectivity index (χ0) is 21.2. The summed E-state index contributed by atoms with van der Waals surface area (Å²) in [6, 6.07) is 13.4. The molecule has 0 unspecified atom stereocenters. The Morgan fingerprint density at radius 3 is 2.24 bits per heavy atom. The number of amides is 3. The summed E-state index contributed by atoms with van der Waals surface area (Å²) in [6.45, 7) is 1.64. The van der Waals surface area contributed by atoms with Crippen LogP contribution >= 0.6 is 0 Å². The average molecular weight is 414 g/mol. The van der Waals surface area contributed by atoms with Crippen molar-refractivity contribution in [1.82, 2.24) is 9.21 Å². The molecule has 1 saturated heterocycles. The van der Waals surface area contributed by atoms with E-state index in [4.69, 9.17) is 0 Å². The maximum atomic E-state index is 13.1. The third-order valence-corrected chi connectivity index (χ3v) is 5.99. The van der Waals surface area contributed by atoms with E-state index in [2.05, 4.69) is 4.74 Å². The van der Waals surface area contributed by atoms with Crippen molar-refractivity contribution in [2.24, 2.45) is 0 Å². The normalized spacial score (nSPS) is 15.9. The number of hydrogen-bond acceptors (Lipinski definition) is 6. The highest BCUT2D eigenvalue weighted by Gasteiger charge is 2.48. The molecule has 3 amide bonds. The fourth-order valence-electron chi connectivity index (χ4n) is 2.77. The molecule has 3 rings (SSSR count). The molecule has 29 heavy (non-hydrogen) atoms. The van der Waals surface area contributed by atoms with Gasteiger partial charge in [0, 0.05) is 0 Å². The number of carbonyl (C=O) groups excluding carboxylic acids is 3. The van der Waals surface area contributed by atoms with E-state index in [1.807, 2.05) is 0 Å². The summed E-state index contributed by atoms with van der Waals surface area (Å²) in [5.74, 6) is -1.85. The minimum atomic E-state index is -4.42. The van der Waals surface area contributed by atoms with Crippen molar-refractivity contribution in [2.45, 2.75) is 18.4 Å². The third-order valence-electron chi connectivity index (χ3n) is 4.29. The predicted molar refractivity (Wildman–Crippen MR) is 103 cm³/mol. The fraction of sp³-hybridized carbons (Fsp3) is 0.150. The molecular weight excluding hydrogens is 396 g/mol. The highest BCUT2D eigenvalue weighted by atomic mass is 32.2. The highest BCUT2D eigenvalue weighted by Crippen LogP contribution is 2.30. The molecule has 150 valence electrons. The number of urea groups is 1. The van der Waals surface area contributed by atoms with Gasteiger partial charge in [-0.25, -0.2) is 18.0 Å². The molecule has 0 aromatic heterocycles. The lowest BCUT2D eigenvalue weighted by Gasteiger charge is -2.17. The Kier molecular flexibility index (Phi) is 5.51. The Labute approximate surface area is 168 Å². The van der Waals surface area contributed by atoms with Gasteiger partial charge in [-0.05, 0) is 24.6 Å². The van der Waals surface area contributed by atoms with Crippen molar-refractivity contribution in [2.75, 3.05) is 7.11 Å². The molecule has 2 aromatic carbocycles. The molecule has 0 aliphatic carbocycles. The first-order valence-electron chi connectivity index (χ1n) is 8.57. The standard InChI is InChI=1S/C20H18N2O6S/c1-14-8-10-16(11-9-14)29(26,27)22-17(12-18(23)28-2)19(24)21(20(22)25)13-15-6-4-3-5-7-15/h3-12H,13H2,1-2H3/b17-12+. The van der Waals surface area contributed by atoms with Gasteiger partial charge in [-0.1, -0.05) is 48.0 Å². The Morgan fingerprint density at radius 1 is 1.03 bits per heavy atom. The maximum absolute atomic E-state index is 13.1. The predicted octanol–water partition coefficient (Wildman–Crippen LogP) is 2.21. The minimum absolute atomic E-state index is 0.142. The van der Waals surface area contributed by atoms with Gasteiger partial charge in [0.25, 0.3) is 15.9 Å². The molecule has 0 atom stereocenters. The number of imide groups is 1. The van der Waals surface area contributed by atoms with E-state index in [0.29, 0.717) is 15.9 Å². The van der Waals surface area contributed by atoms with Crippen molar-refractivity contribution in [3.05, 3.63) is 77.5 Å². The average Bonchev–Trinajstić information content (AvgIpc) is 2.93. The summed E-state index contributed by atoms with van der Waals surface area (Å²) in [6.07, 6.45) is 0.705. The van der Waals surface area contributed by atoms with Gasteiger partial charge in [-0.15, -0.1) is 0 Å². The van der Waals surface area contributed by atoms with Crippen molar-refractivity contribution in [3.8, 4) is 0 Å². The van der Waals surface area contributed by atoms with Crippen molar-refractivity contribution in [3.63, 3.8) is 0 Å². The molecule has 0 radical (unpaired) electrons. The van der Waals surface area contributed by atoms with Crippen LogP contribution in [0.3, 0.4) is 0 Å². The van der Waals surface area contributed by atoms with E-state index in [9.17, 15) is 22.8 Å². The first kappa shape index (κ1) is 20.3. The molecular formula is C20H18N2O6S. The smallest absolute Gasteiger partial charge is 0.346 e. The van der Waals surface area contributed by atoms with Gasteiger partial charge in [0.1, 0.15) is 5.70 Å². The van der Waals surface area contributed by atoms with Crippen LogP contribution in [0.15, 0.2) is 71.3 Å². The second-order valence-electron chi connectivity index (χ2n) is 6.29. The lowest BCUT2D eigenvalue weighted by atomic mass is 10.2. The third kappa shape index (κ3) is 3.90. The van der Waals surface area contributed by atoms with Gasteiger partial charge in [-0.2, -0.15) is 4.31 Å². The van der Waals surface area contributed by atoms with Crippen LogP contribution in [-0.4, -0.2) is 42.6 Å². The molecule has 0 N–H and O–H groups in total. The number of methoxy groups -OCH3 is 1. The van der Waals surface area contributed by atoms with E-state index < -0.39 is 33.6 Å². The van der Waals surface area contributed by atoms with Crippen LogP contribution < -0.4 is 0 Å². The number of sulfonamides is 1. The van der Waals surface area contributed by atoms with Crippen LogP contribution in [-0.2, 0) is 30.9 Å².